The lowest BCUT2D eigenvalue weighted by Crippen LogP contribution is -2.20. The van der Waals surface area contributed by atoms with E-state index in [9.17, 15) is 0 Å². The molecule has 0 bridgehead atoms. The largest absolute Gasteiger partial charge is 0.398 e. The third-order valence-electron chi connectivity index (χ3n) is 6.73. The van der Waals surface area contributed by atoms with Gasteiger partial charge in [-0.1, -0.05) is 44.4 Å². The van der Waals surface area contributed by atoms with Crippen molar-refractivity contribution in [1.29, 1.82) is 0 Å². The first kappa shape index (κ1) is 24.1. The fraction of sp³-hybridized carbons (Fsp3) is 0.400. The Morgan fingerprint density at radius 3 is 2.50 bits per heavy atom. The number of likely N-dealkylation sites (tertiary alicyclic amines) is 1. The van der Waals surface area contributed by atoms with E-state index in [-0.39, 0.29) is 0 Å². The molecule has 32 heavy (non-hydrogen) atoms. The Labute approximate surface area is 195 Å². The molecule has 0 aromatic heterocycles. The van der Waals surface area contributed by atoms with Crippen LogP contribution in [0.1, 0.15) is 68.2 Å². The second-order valence-electron chi connectivity index (χ2n) is 9.05. The molecule has 0 atom stereocenters. The molecular formula is C30H40N2. The number of allylic oxidation sites excluding steroid dienone is 3. The smallest absolute Gasteiger partial charge is 0.0394 e. The normalized spacial score (nSPS) is 15.2. The van der Waals surface area contributed by atoms with E-state index >= 15 is 0 Å². The number of hydrogen-bond donors (Lipinski definition) is 1. The average molecular weight is 429 g/mol. The molecule has 2 heteroatoms. The van der Waals surface area contributed by atoms with Crippen LogP contribution in [0.15, 0.2) is 56.1 Å². The molecule has 2 aliphatic rings. The predicted octanol–water partition coefficient (Wildman–Crippen LogP) is 7.54. The molecule has 4 rings (SSSR count). The van der Waals surface area contributed by atoms with Crippen molar-refractivity contribution in [1.82, 2.24) is 4.90 Å². The van der Waals surface area contributed by atoms with Gasteiger partial charge in [-0.2, -0.15) is 0 Å². The lowest BCUT2D eigenvalue weighted by atomic mass is 9.87. The van der Waals surface area contributed by atoms with Crippen LogP contribution in [0.2, 0.25) is 0 Å². The summed E-state index contributed by atoms with van der Waals surface area (Å²) in [4.78, 5) is 2.61. The summed E-state index contributed by atoms with van der Waals surface area (Å²) in [6, 6.07) is 11.1. The van der Waals surface area contributed by atoms with E-state index in [4.69, 9.17) is 5.73 Å². The number of anilines is 1. The molecule has 1 fully saturated rings. The van der Waals surface area contributed by atoms with Crippen molar-refractivity contribution in [2.45, 2.75) is 58.8 Å². The van der Waals surface area contributed by atoms with Gasteiger partial charge in [0.15, 0.2) is 0 Å². The summed E-state index contributed by atoms with van der Waals surface area (Å²) in [5.41, 5.74) is 17.8. The van der Waals surface area contributed by atoms with Gasteiger partial charge in [-0.15, -0.1) is 6.58 Å². The first-order valence-electron chi connectivity index (χ1n) is 12.2. The number of nitrogen functional groups attached to an aromatic ring is 1. The van der Waals surface area contributed by atoms with Crippen LogP contribution in [0.5, 0.6) is 0 Å². The average Bonchev–Trinajstić information content (AvgIpc) is 3.44. The van der Waals surface area contributed by atoms with Crippen LogP contribution in [0.3, 0.4) is 0 Å². The zero-order chi connectivity index (χ0) is 23.1. The van der Waals surface area contributed by atoms with Crippen LogP contribution in [-0.4, -0.2) is 24.5 Å². The van der Waals surface area contributed by atoms with Gasteiger partial charge in [0.1, 0.15) is 0 Å². The van der Waals surface area contributed by atoms with Gasteiger partial charge in [0.05, 0.1) is 0 Å². The molecule has 1 aliphatic heterocycles. The Bertz CT molecular complexity index is 977. The summed E-state index contributed by atoms with van der Waals surface area (Å²) < 4.78 is 0. The van der Waals surface area contributed by atoms with E-state index in [0.29, 0.717) is 0 Å². The molecule has 1 saturated heterocycles. The van der Waals surface area contributed by atoms with Gasteiger partial charge < -0.3 is 10.6 Å². The van der Waals surface area contributed by atoms with E-state index in [1.54, 1.807) is 6.08 Å². The summed E-state index contributed by atoms with van der Waals surface area (Å²) in [6.45, 7) is 19.7. The highest BCUT2D eigenvalue weighted by atomic mass is 15.1. The van der Waals surface area contributed by atoms with Crippen molar-refractivity contribution in [2.24, 2.45) is 0 Å². The maximum Gasteiger partial charge on any atom is 0.0394 e. The minimum absolute atomic E-state index is 0.865. The molecule has 0 spiro atoms. The molecule has 0 amide bonds. The van der Waals surface area contributed by atoms with Gasteiger partial charge in [-0.25, -0.2) is 0 Å². The van der Waals surface area contributed by atoms with Crippen molar-refractivity contribution < 1.29 is 0 Å². The first-order valence-corrected chi connectivity index (χ1v) is 12.2. The van der Waals surface area contributed by atoms with E-state index in [0.717, 1.165) is 31.4 Å². The van der Waals surface area contributed by atoms with Gasteiger partial charge in [0.25, 0.3) is 0 Å². The Morgan fingerprint density at radius 2 is 1.81 bits per heavy atom. The minimum atomic E-state index is 0.865. The highest BCUT2D eigenvalue weighted by Crippen LogP contribution is 2.42. The number of hydrogen-bond acceptors (Lipinski definition) is 2. The molecule has 2 N–H and O–H groups in total. The maximum atomic E-state index is 6.53. The van der Waals surface area contributed by atoms with Gasteiger partial charge in [0.2, 0.25) is 0 Å². The molecule has 0 unspecified atom stereocenters. The SMILES string of the molecule is C=C(CC)c1ccc(N)c(-c2c(CCCN3CCCC3)ccc3c2CCC3=C)c1.C=CC. The maximum absolute atomic E-state index is 6.53. The van der Waals surface area contributed by atoms with Crippen LogP contribution in [0.4, 0.5) is 5.69 Å². The molecule has 170 valence electrons. The lowest BCUT2D eigenvalue weighted by molar-refractivity contribution is 0.334. The number of benzene rings is 2. The van der Waals surface area contributed by atoms with Crippen LogP contribution < -0.4 is 5.73 Å². The third-order valence-corrected chi connectivity index (χ3v) is 6.73. The minimum Gasteiger partial charge on any atom is -0.398 e. The first-order chi connectivity index (χ1) is 15.5. The molecule has 2 nitrogen and oxygen atoms in total. The highest BCUT2D eigenvalue weighted by molar-refractivity contribution is 5.88. The monoisotopic (exact) mass is 428 g/mol. The summed E-state index contributed by atoms with van der Waals surface area (Å²) >= 11 is 0. The number of rotatable bonds is 7. The van der Waals surface area contributed by atoms with Crippen molar-refractivity contribution in [3.8, 4) is 11.1 Å². The van der Waals surface area contributed by atoms with Crippen LogP contribution in [0, 0.1) is 0 Å². The zero-order valence-electron chi connectivity index (χ0n) is 20.2. The summed E-state index contributed by atoms with van der Waals surface area (Å²) in [6.07, 6.45) is 9.85. The van der Waals surface area contributed by atoms with Crippen molar-refractivity contribution >= 4 is 16.8 Å². The summed E-state index contributed by atoms with van der Waals surface area (Å²) in [7, 11) is 0. The number of aryl methyl sites for hydroxylation is 1. The summed E-state index contributed by atoms with van der Waals surface area (Å²) in [5.74, 6) is 0. The van der Waals surface area contributed by atoms with Gasteiger partial charge in [-0.05, 0) is 123 Å². The molecule has 1 heterocycles. The highest BCUT2D eigenvalue weighted by Gasteiger charge is 2.23. The Kier molecular flexibility index (Phi) is 8.53. The second kappa shape index (κ2) is 11.3. The molecule has 1 aliphatic carbocycles. The molecule has 0 saturated carbocycles. The van der Waals surface area contributed by atoms with E-state index in [2.05, 4.69) is 61.9 Å². The molecule has 2 aromatic rings. The second-order valence-corrected chi connectivity index (χ2v) is 9.05. The van der Waals surface area contributed by atoms with E-state index < -0.39 is 0 Å². The Balaban J connectivity index is 0.000000913. The van der Waals surface area contributed by atoms with Crippen molar-refractivity contribution in [2.75, 3.05) is 25.4 Å². The van der Waals surface area contributed by atoms with Crippen molar-refractivity contribution in [3.05, 3.63) is 78.4 Å². The van der Waals surface area contributed by atoms with Gasteiger partial charge in [0, 0.05) is 11.3 Å². The van der Waals surface area contributed by atoms with Crippen LogP contribution in [0.25, 0.3) is 22.3 Å². The molecule has 2 aromatic carbocycles. The Hall–Kier alpha value is -2.58. The number of nitrogens with zero attached hydrogens (tertiary/aromatic N) is 1. The number of fused-ring (bicyclic) bond motifs is 1. The molecule has 0 radical (unpaired) electrons. The van der Waals surface area contributed by atoms with E-state index in [1.807, 2.05) is 6.92 Å². The zero-order valence-corrected chi connectivity index (χ0v) is 20.2. The standard InChI is InChI=1S/C27H34N2.C3H6/c1-4-19(2)22-11-14-26(28)25(18-22)27-21(8-7-17-29-15-5-6-16-29)10-13-23-20(3)9-12-24(23)27;1-3-2/h10-11,13-14,18H,2-9,12,15-17,28H2,1H3;3H,1H2,2H3. The Morgan fingerprint density at radius 1 is 1.09 bits per heavy atom. The van der Waals surface area contributed by atoms with Gasteiger partial charge >= 0.3 is 0 Å². The molecular weight excluding hydrogens is 388 g/mol. The predicted molar refractivity (Wildman–Crippen MR) is 143 cm³/mol. The topological polar surface area (TPSA) is 29.3 Å². The quantitative estimate of drug-likeness (QED) is 0.364. The van der Waals surface area contributed by atoms with E-state index in [1.165, 1.54) is 83.4 Å². The fourth-order valence-corrected chi connectivity index (χ4v) is 4.94. The third kappa shape index (κ3) is 5.42. The van der Waals surface area contributed by atoms with Crippen LogP contribution >= 0.6 is 0 Å². The summed E-state index contributed by atoms with van der Waals surface area (Å²) in [5, 5.41) is 0. The number of nitrogens with two attached hydrogens (primary N) is 1. The fourth-order valence-electron chi connectivity index (χ4n) is 4.94. The lowest BCUT2D eigenvalue weighted by Gasteiger charge is -2.19. The van der Waals surface area contributed by atoms with Gasteiger partial charge in [-0.3, -0.25) is 0 Å². The van der Waals surface area contributed by atoms with Crippen LogP contribution in [-0.2, 0) is 12.8 Å². The van der Waals surface area contributed by atoms with Crippen molar-refractivity contribution in [3.63, 3.8) is 0 Å².